The van der Waals surface area contributed by atoms with Gasteiger partial charge in [0.1, 0.15) is 11.4 Å². The fourth-order valence-corrected chi connectivity index (χ4v) is 5.22. The van der Waals surface area contributed by atoms with E-state index in [0.29, 0.717) is 0 Å². The number of allylic oxidation sites excluding steroid dienone is 1. The molecular weight excluding hydrogens is 332 g/mol. The first-order valence-electron chi connectivity index (χ1n) is 10.5. The summed E-state index contributed by atoms with van der Waals surface area (Å²) >= 11 is 0. The highest BCUT2D eigenvalue weighted by atomic mass is 16.5. The minimum absolute atomic E-state index is 0.0418. The minimum Gasteiger partial charge on any atom is -0.487 e. The van der Waals surface area contributed by atoms with E-state index in [4.69, 9.17) is 4.74 Å². The number of likely N-dealkylation sites (tertiary alicyclic amines) is 1. The molecule has 27 heavy (non-hydrogen) atoms. The number of fused-ring (bicyclic) bond motifs is 2. The Labute approximate surface area is 161 Å². The van der Waals surface area contributed by atoms with Gasteiger partial charge in [0, 0.05) is 56.6 Å². The second kappa shape index (κ2) is 5.93. The molecule has 3 nitrogen and oxygen atoms in total. The number of nitrogens with zero attached hydrogens (tertiary/aromatic N) is 2. The molecule has 0 atom stereocenters. The molecule has 0 amide bonds. The summed E-state index contributed by atoms with van der Waals surface area (Å²) in [6.07, 6.45) is 15.0. The predicted molar refractivity (Wildman–Crippen MR) is 108 cm³/mol. The standard InChI is InChI=1S/C24H26N2O/c1-3-18-14-20(16-25-22(18)6-1)17-7-8-23-19(13-17)15-24(27-23)9-11-26(12-10-24)21-4-2-5-21/h1,3,7-8,13-14,16,21H,2,4-6,9-12,15H2. The molecule has 2 fully saturated rings. The van der Waals surface area contributed by atoms with Crippen molar-refractivity contribution in [2.75, 3.05) is 13.1 Å². The number of benzene rings is 1. The van der Waals surface area contributed by atoms with Crippen molar-refractivity contribution >= 4 is 6.08 Å². The lowest BCUT2D eigenvalue weighted by Gasteiger charge is -2.45. The van der Waals surface area contributed by atoms with E-state index in [1.54, 1.807) is 0 Å². The molecule has 1 aromatic heterocycles. The van der Waals surface area contributed by atoms with E-state index in [9.17, 15) is 0 Å². The van der Waals surface area contributed by atoms with Crippen LogP contribution in [-0.4, -0.2) is 34.6 Å². The monoisotopic (exact) mass is 358 g/mol. The van der Waals surface area contributed by atoms with Crippen LogP contribution in [0.3, 0.4) is 0 Å². The van der Waals surface area contributed by atoms with E-state index in [-0.39, 0.29) is 5.60 Å². The first-order valence-corrected chi connectivity index (χ1v) is 10.5. The van der Waals surface area contributed by atoms with Gasteiger partial charge >= 0.3 is 0 Å². The molecule has 0 unspecified atom stereocenters. The second-order valence-electron chi connectivity index (χ2n) is 8.77. The van der Waals surface area contributed by atoms with Crippen molar-refractivity contribution < 1.29 is 4.74 Å². The summed E-state index contributed by atoms with van der Waals surface area (Å²) in [4.78, 5) is 7.36. The maximum Gasteiger partial charge on any atom is 0.123 e. The molecule has 3 heterocycles. The van der Waals surface area contributed by atoms with Crippen LogP contribution in [0.15, 0.2) is 36.5 Å². The van der Waals surface area contributed by atoms with Crippen LogP contribution in [0.5, 0.6) is 5.75 Å². The number of rotatable bonds is 2. The maximum atomic E-state index is 6.53. The van der Waals surface area contributed by atoms with Crippen molar-refractivity contribution in [1.82, 2.24) is 9.88 Å². The van der Waals surface area contributed by atoms with E-state index in [0.717, 1.165) is 24.6 Å². The van der Waals surface area contributed by atoms with E-state index in [1.165, 1.54) is 73.1 Å². The van der Waals surface area contributed by atoms with Gasteiger partial charge in [0.05, 0.1) is 5.69 Å². The normalized spacial score (nSPS) is 23.1. The number of aromatic nitrogens is 1. The molecule has 0 radical (unpaired) electrons. The number of hydrogen-bond donors (Lipinski definition) is 0. The van der Waals surface area contributed by atoms with Crippen LogP contribution < -0.4 is 4.74 Å². The zero-order valence-electron chi connectivity index (χ0n) is 15.8. The zero-order chi connectivity index (χ0) is 17.8. The molecule has 1 saturated carbocycles. The number of hydrogen-bond acceptors (Lipinski definition) is 3. The summed E-state index contributed by atoms with van der Waals surface area (Å²) in [5.74, 6) is 1.10. The van der Waals surface area contributed by atoms with Crippen LogP contribution in [0.4, 0.5) is 0 Å². The maximum absolute atomic E-state index is 6.53. The Balaban J connectivity index is 1.22. The largest absolute Gasteiger partial charge is 0.487 e. The molecule has 4 aliphatic rings. The van der Waals surface area contributed by atoms with Crippen LogP contribution in [0.1, 0.15) is 48.9 Å². The van der Waals surface area contributed by atoms with Crippen LogP contribution >= 0.6 is 0 Å². The number of pyridine rings is 1. The molecule has 2 aliphatic carbocycles. The van der Waals surface area contributed by atoms with Gasteiger partial charge in [0.15, 0.2) is 0 Å². The van der Waals surface area contributed by atoms with Gasteiger partial charge in [-0.2, -0.15) is 0 Å². The molecule has 0 N–H and O–H groups in total. The summed E-state index contributed by atoms with van der Waals surface area (Å²) < 4.78 is 6.53. The minimum atomic E-state index is 0.0418. The number of ether oxygens (including phenoxy) is 1. The van der Waals surface area contributed by atoms with Gasteiger partial charge in [-0.15, -0.1) is 0 Å². The quantitative estimate of drug-likeness (QED) is 0.782. The molecular formula is C24H26N2O. The summed E-state index contributed by atoms with van der Waals surface area (Å²) in [5, 5.41) is 0. The first kappa shape index (κ1) is 15.9. The molecule has 2 aromatic rings. The van der Waals surface area contributed by atoms with Crippen molar-refractivity contribution in [2.24, 2.45) is 0 Å². The molecule has 6 rings (SSSR count). The lowest BCUT2D eigenvalue weighted by molar-refractivity contribution is -0.00746. The fraction of sp³-hybridized carbons (Fsp3) is 0.458. The Morgan fingerprint density at radius 2 is 1.96 bits per heavy atom. The van der Waals surface area contributed by atoms with Gasteiger partial charge < -0.3 is 9.64 Å². The molecule has 3 heteroatoms. The third kappa shape index (κ3) is 2.63. The highest BCUT2D eigenvalue weighted by Gasteiger charge is 2.43. The second-order valence-corrected chi connectivity index (χ2v) is 8.77. The van der Waals surface area contributed by atoms with E-state index in [1.807, 2.05) is 6.20 Å². The summed E-state index contributed by atoms with van der Waals surface area (Å²) in [6.45, 7) is 2.40. The average molecular weight is 358 g/mol. The smallest absolute Gasteiger partial charge is 0.123 e. The summed E-state index contributed by atoms with van der Waals surface area (Å²) in [7, 11) is 0. The first-order chi connectivity index (χ1) is 13.3. The topological polar surface area (TPSA) is 25.4 Å². The van der Waals surface area contributed by atoms with Crippen LogP contribution in [-0.2, 0) is 12.8 Å². The Morgan fingerprint density at radius 3 is 2.78 bits per heavy atom. The highest BCUT2D eigenvalue weighted by molar-refractivity contribution is 5.70. The average Bonchev–Trinajstić information content (AvgIpc) is 3.25. The van der Waals surface area contributed by atoms with E-state index >= 15 is 0 Å². The van der Waals surface area contributed by atoms with Crippen LogP contribution in [0.2, 0.25) is 0 Å². The molecule has 1 spiro atoms. The zero-order valence-corrected chi connectivity index (χ0v) is 15.8. The van der Waals surface area contributed by atoms with Gasteiger partial charge in [-0.05, 0) is 47.7 Å². The third-order valence-corrected chi connectivity index (χ3v) is 7.15. The number of piperidine rings is 1. The van der Waals surface area contributed by atoms with Crippen molar-refractivity contribution in [3.63, 3.8) is 0 Å². The molecule has 1 saturated heterocycles. The Morgan fingerprint density at radius 1 is 1.07 bits per heavy atom. The van der Waals surface area contributed by atoms with Crippen LogP contribution in [0.25, 0.3) is 17.2 Å². The summed E-state index contributed by atoms with van der Waals surface area (Å²) in [6, 6.07) is 9.85. The molecule has 2 aliphatic heterocycles. The molecule has 138 valence electrons. The Kier molecular flexibility index (Phi) is 3.49. The van der Waals surface area contributed by atoms with E-state index < -0.39 is 0 Å². The van der Waals surface area contributed by atoms with Crippen molar-refractivity contribution in [2.45, 2.75) is 56.6 Å². The van der Waals surface area contributed by atoms with Gasteiger partial charge in [0.25, 0.3) is 0 Å². The van der Waals surface area contributed by atoms with Gasteiger partial charge in [-0.25, -0.2) is 0 Å². The SMILES string of the molecule is C1=Cc2cc(-c3ccc4c(c3)CC3(CCN(C5CCC5)CC3)O4)cnc2C1. The van der Waals surface area contributed by atoms with Crippen molar-refractivity contribution in [1.29, 1.82) is 0 Å². The third-order valence-electron chi connectivity index (χ3n) is 7.15. The van der Waals surface area contributed by atoms with E-state index in [2.05, 4.69) is 46.3 Å². The van der Waals surface area contributed by atoms with Crippen molar-refractivity contribution in [3.05, 3.63) is 53.4 Å². The lowest BCUT2D eigenvalue weighted by Crippen LogP contribution is -2.52. The Hall–Kier alpha value is -2.13. The Bertz CT molecular complexity index is 920. The van der Waals surface area contributed by atoms with Gasteiger partial charge in [-0.3, -0.25) is 4.98 Å². The van der Waals surface area contributed by atoms with Gasteiger partial charge in [0.2, 0.25) is 0 Å². The molecule has 0 bridgehead atoms. The predicted octanol–water partition coefficient (Wildman–Crippen LogP) is 4.64. The van der Waals surface area contributed by atoms with Gasteiger partial charge in [-0.1, -0.05) is 24.6 Å². The highest BCUT2D eigenvalue weighted by Crippen LogP contribution is 2.43. The fourth-order valence-electron chi connectivity index (χ4n) is 5.22. The van der Waals surface area contributed by atoms with Crippen molar-refractivity contribution in [3.8, 4) is 16.9 Å². The van der Waals surface area contributed by atoms with Crippen LogP contribution in [0, 0.1) is 0 Å². The lowest BCUT2D eigenvalue weighted by atomic mass is 9.83. The summed E-state index contributed by atoms with van der Waals surface area (Å²) in [5.41, 5.74) is 6.35. The molecule has 1 aromatic carbocycles.